The monoisotopic (exact) mass is 221 g/mol. The van der Waals surface area contributed by atoms with Crippen LogP contribution in [0, 0.1) is 12.8 Å². The van der Waals surface area contributed by atoms with Gasteiger partial charge in [0.2, 0.25) is 0 Å². The van der Waals surface area contributed by atoms with E-state index in [4.69, 9.17) is 10.5 Å². The maximum Gasteiger partial charge on any atom is 0.0465 e. The molecule has 2 unspecified atom stereocenters. The maximum absolute atomic E-state index is 5.87. The van der Waals surface area contributed by atoms with Crippen molar-refractivity contribution >= 4 is 0 Å². The second-order valence-electron chi connectivity index (χ2n) is 4.51. The van der Waals surface area contributed by atoms with Crippen LogP contribution in [0.4, 0.5) is 0 Å². The van der Waals surface area contributed by atoms with E-state index < -0.39 is 0 Å². The minimum atomic E-state index is 0.441. The first kappa shape index (κ1) is 13.2. The van der Waals surface area contributed by atoms with Crippen LogP contribution in [0.2, 0.25) is 0 Å². The highest BCUT2D eigenvalue weighted by Crippen LogP contribution is 2.26. The number of aryl methyl sites for hydroxylation is 1. The summed E-state index contributed by atoms with van der Waals surface area (Å²) in [6.45, 7) is 5.86. The van der Waals surface area contributed by atoms with Crippen molar-refractivity contribution in [1.29, 1.82) is 0 Å². The Morgan fingerprint density at radius 1 is 1.25 bits per heavy atom. The zero-order valence-electron chi connectivity index (χ0n) is 10.6. The summed E-state index contributed by atoms with van der Waals surface area (Å²) in [6, 6.07) is 8.69. The Hall–Kier alpha value is -0.860. The number of benzene rings is 1. The van der Waals surface area contributed by atoms with E-state index in [0.29, 0.717) is 18.4 Å². The van der Waals surface area contributed by atoms with Crippen molar-refractivity contribution in [2.45, 2.75) is 26.2 Å². The normalized spacial score (nSPS) is 14.8. The molecule has 0 aliphatic carbocycles. The highest BCUT2D eigenvalue weighted by Gasteiger charge is 2.17. The maximum atomic E-state index is 5.87. The largest absolute Gasteiger partial charge is 0.385 e. The Bertz CT molecular complexity index is 294. The lowest BCUT2D eigenvalue weighted by atomic mass is 9.85. The summed E-state index contributed by atoms with van der Waals surface area (Å²) in [6.07, 6.45) is 1.06. The highest BCUT2D eigenvalue weighted by molar-refractivity contribution is 5.25. The van der Waals surface area contributed by atoms with Crippen LogP contribution in [0.25, 0.3) is 0 Å². The van der Waals surface area contributed by atoms with Crippen LogP contribution in [0.1, 0.15) is 30.4 Å². The van der Waals surface area contributed by atoms with Crippen LogP contribution in [-0.2, 0) is 4.74 Å². The van der Waals surface area contributed by atoms with E-state index in [-0.39, 0.29) is 0 Å². The third-order valence-electron chi connectivity index (χ3n) is 3.22. The lowest BCUT2D eigenvalue weighted by Gasteiger charge is -2.23. The second kappa shape index (κ2) is 6.66. The Morgan fingerprint density at radius 2 is 1.88 bits per heavy atom. The molecule has 0 aromatic heterocycles. The molecule has 2 heteroatoms. The molecule has 0 saturated heterocycles. The third kappa shape index (κ3) is 3.62. The quantitative estimate of drug-likeness (QED) is 0.801. The Labute approximate surface area is 98.8 Å². The molecule has 0 heterocycles. The van der Waals surface area contributed by atoms with Gasteiger partial charge in [-0.15, -0.1) is 0 Å². The summed E-state index contributed by atoms with van der Waals surface area (Å²) in [7, 11) is 1.75. The Kier molecular flexibility index (Phi) is 5.50. The average Bonchev–Trinajstić information content (AvgIpc) is 2.30. The Morgan fingerprint density at radius 3 is 2.38 bits per heavy atom. The van der Waals surface area contributed by atoms with Crippen molar-refractivity contribution in [2.24, 2.45) is 11.7 Å². The fourth-order valence-electron chi connectivity index (χ4n) is 2.02. The van der Waals surface area contributed by atoms with E-state index >= 15 is 0 Å². The van der Waals surface area contributed by atoms with Crippen molar-refractivity contribution < 1.29 is 4.74 Å². The lowest BCUT2D eigenvalue weighted by Crippen LogP contribution is -2.20. The number of ether oxygens (including phenoxy) is 1. The van der Waals surface area contributed by atoms with Crippen molar-refractivity contribution in [3.05, 3.63) is 35.4 Å². The van der Waals surface area contributed by atoms with Crippen LogP contribution in [0.3, 0.4) is 0 Å². The van der Waals surface area contributed by atoms with Gasteiger partial charge in [0.1, 0.15) is 0 Å². The fraction of sp³-hybridized carbons (Fsp3) is 0.571. The van der Waals surface area contributed by atoms with Gasteiger partial charge >= 0.3 is 0 Å². The molecule has 1 aromatic rings. The van der Waals surface area contributed by atoms with Crippen LogP contribution in [0.15, 0.2) is 24.3 Å². The SMILES string of the molecule is COCCC(C)C(CN)c1ccc(C)cc1. The molecule has 90 valence electrons. The molecular weight excluding hydrogens is 198 g/mol. The molecule has 1 aromatic carbocycles. The predicted octanol–water partition coefficient (Wildman–Crippen LogP) is 2.71. The van der Waals surface area contributed by atoms with Gasteiger partial charge in [-0.3, -0.25) is 0 Å². The van der Waals surface area contributed by atoms with Crippen molar-refractivity contribution in [1.82, 2.24) is 0 Å². The van der Waals surface area contributed by atoms with Gasteiger partial charge in [0.05, 0.1) is 0 Å². The standard InChI is InChI=1S/C14H23NO/c1-11-4-6-13(7-5-11)14(10-15)12(2)8-9-16-3/h4-7,12,14H,8-10,15H2,1-3H3. The molecule has 0 bridgehead atoms. The van der Waals surface area contributed by atoms with Crippen LogP contribution >= 0.6 is 0 Å². The van der Waals surface area contributed by atoms with Gasteiger partial charge in [-0.2, -0.15) is 0 Å². The van der Waals surface area contributed by atoms with Crippen molar-refractivity contribution in [3.8, 4) is 0 Å². The number of hydrogen-bond acceptors (Lipinski definition) is 2. The number of methoxy groups -OCH3 is 1. The van der Waals surface area contributed by atoms with Crippen molar-refractivity contribution in [2.75, 3.05) is 20.3 Å². The van der Waals surface area contributed by atoms with E-state index in [9.17, 15) is 0 Å². The van der Waals surface area contributed by atoms with E-state index in [2.05, 4.69) is 38.1 Å². The molecule has 0 aliphatic rings. The summed E-state index contributed by atoms with van der Waals surface area (Å²) >= 11 is 0. The highest BCUT2D eigenvalue weighted by atomic mass is 16.5. The first-order chi connectivity index (χ1) is 7.69. The number of nitrogens with two attached hydrogens (primary N) is 1. The van der Waals surface area contributed by atoms with Gasteiger partial charge in [-0.25, -0.2) is 0 Å². The molecule has 0 spiro atoms. The summed E-state index contributed by atoms with van der Waals surface area (Å²) in [5.41, 5.74) is 8.51. The summed E-state index contributed by atoms with van der Waals surface area (Å²) in [4.78, 5) is 0. The van der Waals surface area contributed by atoms with Gasteiger partial charge in [-0.05, 0) is 37.3 Å². The van der Waals surface area contributed by atoms with E-state index in [1.165, 1.54) is 11.1 Å². The smallest absolute Gasteiger partial charge is 0.0465 e. The number of hydrogen-bond donors (Lipinski definition) is 1. The summed E-state index contributed by atoms with van der Waals surface area (Å²) in [5, 5.41) is 0. The molecular formula is C14H23NO. The molecule has 0 fully saturated rings. The van der Waals surface area contributed by atoms with Crippen LogP contribution in [-0.4, -0.2) is 20.3 Å². The molecule has 16 heavy (non-hydrogen) atoms. The van der Waals surface area contributed by atoms with Crippen LogP contribution in [0.5, 0.6) is 0 Å². The first-order valence-corrected chi connectivity index (χ1v) is 5.94. The van der Waals surface area contributed by atoms with E-state index in [1.54, 1.807) is 7.11 Å². The molecule has 0 amide bonds. The number of rotatable bonds is 6. The second-order valence-corrected chi connectivity index (χ2v) is 4.51. The molecule has 1 rings (SSSR count). The summed E-state index contributed by atoms with van der Waals surface area (Å²) in [5.74, 6) is 1.00. The zero-order valence-corrected chi connectivity index (χ0v) is 10.6. The zero-order chi connectivity index (χ0) is 12.0. The lowest BCUT2D eigenvalue weighted by molar-refractivity contribution is 0.174. The molecule has 2 atom stereocenters. The van der Waals surface area contributed by atoms with E-state index in [1.807, 2.05) is 0 Å². The molecule has 2 N–H and O–H groups in total. The minimum absolute atomic E-state index is 0.441. The molecule has 2 nitrogen and oxygen atoms in total. The first-order valence-electron chi connectivity index (χ1n) is 5.94. The van der Waals surface area contributed by atoms with Crippen molar-refractivity contribution in [3.63, 3.8) is 0 Å². The molecule has 0 saturated carbocycles. The molecule has 0 radical (unpaired) electrons. The molecule has 0 aliphatic heterocycles. The third-order valence-corrected chi connectivity index (χ3v) is 3.22. The van der Waals surface area contributed by atoms with Gasteiger partial charge in [-0.1, -0.05) is 36.8 Å². The van der Waals surface area contributed by atoms with Gasteiger partial charge < -0.3 is 10.5 Å². The predicted molar refractivity (Wildman–Crippen MR) is 68.6 cm³/mol. The fourth-order valence-corrected chi connectivity index (χ4v) is 2.02. The Balaban J connectivity index is 2.69. The van der Waals surface area contributed by atoms with Gasteiger partial charge in [0, 0.05) is 13.7 Å². The van der Waals surface area contributed by atoms with Gasteiger partial charge in [0.15, 0.2) is 0 Å². The summed E-state index contributed by atoms with van der Waals surface area (Å²) < 4.78 is 5.12. The van der Waals surface area contributed by atoms with Gasteiger partial charge in [0.25, 0.3) is 0 Å². The van der Waals surface area contributed by atoms with E-state index in [0.717, 1.165) is 13.0 Å². The topological polar surface area (TPSA) is 35.2 Å². The minimum Gasteiger partial charge on any atom is -0.385 e. The average molecular weight is 221 g/mol. The van der Waals surface area contributed by atoms with Crippen LogP contribution < -0.4 is 5.73 Å².